The van der Waals surface area contributed by atoms with Gasteiger partial charge in [-0.1, -0.05) is 0 Å². The number of rotatable bonds is 3. The number of carbonyl (C=O) groups excluding carboxylic acids is 1. The second-order valence-corrected chi connectivity index (χ2v) is 4.66. The Morgan fingerprint density at radius 2 is 2.16 bits per heavy atom. The molecule has 1 amide bonds. The van der Waals surface area contributed by atoms with Crippen molar-refractivity contribution in [1.82, 2.24) is 9.88 Å². The smallest absolute Gasteiger partial charge is 0.338 e. The van der Waals surface area contributed by atoms with E-state index in [0.717, 1.165) is 0 Å². The lowest BCUT2D eigenvalue weighted by Crippen LogP contribution is -2.42. The number of amidine groups is 1. The normalized spacial score (nSPS) is 18.9. The first-order valence-electron chi connectivity index (χ1n) is 6.03. The van der Waals surface area contributed by atoms with Gasteiger partial charge in [0.2, 0.25) is 0 Å². The van der Waals surface area contributed by atoms with Crippen molar-refractivity contribution >= 4 is 17.7 Å². The zero-order valence-electron chi connectivity index (χ0n) is 11.0. The molecule has 2 heterocycles. The molecule has 1 N–H and O–H groups in total. The molecule has 100 valence electrons. The van der Waals surface area contributed by atoms with Crippen LogP contribution in [-0.2, 0) is 4.79 Å². The summed E-state index contributed by atoms with van der Waals surface area (Å²) >= 11 is 0. The van der Waals surface area contributed by atoms with Crippen LogP contribution in [0.1, 0.15) is 36.8 Å². The molecule has 19 heavy (non-hydrogen) atoms. The van der Waals surface area contributed by atoms with Gasteiger partial charge in [-0.3, -0.25) is 9.78 Å². The van der Waals surface area contributed by atoms with E-state index >= 15 is 0 Å². The largest absolute Gasteiger partial charge is 0.478 e. The van der Waals surface area contributed by atoms with E-state index in [1.807, 2.05) is 13.8 Å². The van der Waals surface area contributed by atoms with E-state index in [4.69, 9.17) is 0 Å². The quantitative estimate of drug-likeness (QED) is 0.883. The van der Waals surface area contributed by atoms with E-state index < -0.39 is 12.0 Å². The molecule has 0 saturated carbocycles. The first-order valence-corrected chi connectivity index (χ1v) is 6.03. The number of amides is 1. The van der Waals surface area contributed by atoms with E-state index in [1.54, 1.807) is 17.9 Å². The predicted octanol–water partition coefficient (Wildman–Crippen LogP) is 1.17. The monoisotopic (exact) mass is 261 g/mol. The third kappa shape index (κ3) is 2.21. The number of carboxylic acids is 1. The average Bonchev–Trinajstić information content (AvgIpc) is 2.65. The van der Waals surface area contributed by atoms with E-state index in [-0.39, 0.29) is 23.2 Å². The summed E-state index contributed by atoms with van der Waals surface area (Å²) in [7, 11) is 0. The van der Waals surface area contributed by atoms with Gasteiger partial charge in [-0.2, -0.15) is 4.99 Å². The molecular formula is C13H15N3O3. The second kappa shape index (κ2) is 4.79. The number of aromatic nitrogens is 1. The van der Waals surface area contributed by atoms with Crippen LogP contribution >= 0.6 is 0 Å². The second-order valence-electron chi connectivity index (χ2n) is 4.66. The molecule has 1 aliphatic rings. The molecule has 0 radical (unpaired) electrons. The predicted molar refractivity (Wildman–Crippen MR) is 69.2 cm³/mol. The third-order valence-electron chi connectivity index (χ3n) is 3.04. The zero-order valence-corrected chi connectivity index (χ0v) is 11.0. The number of hydrogen-bond donors (Lipinski definition) is 1. The highest BCUT2D eigenvalue weighted by Gasteiger charge is 2.36. The summed E-state index contributed by atoms with van der Waals surface area (Å²) in [6.45, 7) is 5.60. The molecule has 0 bridgehead atoms. The molecular weight excluding hydrogens is 246 g/mol. The maximum atomic E-state index is 11.7. The Morgan fingerprint density at radius 1 is 1.47 bits per heavy atom. The van der Waals surface area contributed by atoms with Crippen molar-refractivity contribution < 1.29 is 14.7 Å². The minimum atomic E-state index is -1.08. The fourth-order valence-corrected chi connectivity index (χ4v) is 2.18. The summed E-state index contributed by atoms with van der Waals surface area (Å²) in [5.74, 6) is -1.02. The lowest BCUT2D eigenvalue weighted by atomic mass is 10.1. The molecule has 6 nitrogen and oxygen atoms in total. The maximum Gasteiger partial charge on any atom is 0.338 e. The van der Waals surface area contributed by atoms with Crippen LogP contribution in [0.2, 0.25) is 0 Å². The van der Waals surface area contributed by atoms with Gasteiger partial charge >= 0.3 is 5.97 Å². The highest BCUT2D eigenvalue weighted by Crippen LogP contribution is 2.21. The average molecular weight is 261 g/mol. The Hall–Kier alpha value is -2.24. The summed E-state index contributed by atoms with van der Waals surface area (Å²) in [6.07, 6.45) is 1.50. The van der Waals surface area contributed by atoms with Crippen LogP contribution in [0.25, 0.3) is 0 Å². The van der Waals surface area contributed by atoms with Crippen LogP contribution in [0.4, 0.5) is 0 Å². The lowest BCUT2D eigenvalue weighted by molar-refractivity contribution is -0.120. The number of hydrogen-bond acceptors (Lipinski definition) is 4. The van der Waals surface area contributed by atoms with Crippen LogP contribution in [0.15, 0.2) is 23.3 Å². The van der Waals surface area contributed by atoms with Crippen LogP contribution in [0.3, 0.4) is 0 Å². The van der Waals surface area contributed by atoms with E-state index in [2.05, 4.69) is 9.98 Å². The van der Waals surface area contributed by atoms with Crippen LogP contribution in [-0.4, -0.2) is 44.8 Å². The summed E-state index contributed by atoms with van der Waals surface area (Å²) in [6, 6.07) is 2.65. The van der Waals surface area contributed by atoms with Crippen LogP contribution in [0.5, 0.6) is 0 Å². The van der Waals surface area contributed by atoms with Gasteiger partial charge in [0.15, 0.2) is 5.84 Å². The number of carbonyl (C=O) groups is 2. The van der Waals surface area contributed by atoms with Crippen molar-refractivity contribution in [3.05, 3.63) is 29.6 Å². The Kier molecular flexibility index (Phi) is 3.33. The fourth-order valence-electron chi connectivity index (χ4n) is 2.18. The summed E-state index contributed by atoms with van der Waals surface area (Å²) in [5.41, 5.74) is 0.287. The molecule has 1 atom stereocenters. The number of nitrogens with zero attached hydrogens (tertiary/aromatic N) is 3. The van der Waals surface area contributed by atoms with Crippen molar-refractivity contribution in [3.63, 3.8) is 0 Å². The van der Waals surface area contributed by atoms with Gasteiger partial charge in [0.1, 0.15) is 11.7 Å². The van der Waals surface area contributed by atoms with Gasteiger partial charge in [0, 0.05) is 12.2 Å². The molecule has 1 aromatic rings. The van der Waals surface area contributed by atoms with E-state index in [9.17, 15) is 14.7 Å². The molecule has 0 spiro atoms. The van der Waals surface area contributed by atoms with Crippen molar-refractivity contribution in [2.24, 2.45) is 4.99 Å². The Morgan fingerprint density at radius 3 is 2.74 bits per heavy atom. The number of aliphatic imine (C=N–C) groups is 1. The molecule has 0 aromatic carbocycles. The lowest BCUT2D eigenvalue weighted by Gasteiger charge is -2.28. The molecule has 0 fully saturated rings. The fraction of sp³-hybridized carbons (Fsp3) is 0.385. The van der Waals surface area contributed by atoms with Gasteiger partial charge in [-0.05, 0) is 32.9 Å². The minimum Gasteiger partial charge on any atom is -0.478 e. The third-order valence-corrected chi connectivity index (χ3v) is 3.04. The van der Waals surface area contributed by atoms with Crippen molar-refractivity contribution in [2.75, 3.05) is 0 Å². The Labute approximate surface area is 110 Å². The Balaban J connectivity index is 2.55. The molecule has 1 unspecified atom stereocenters. The SMILES string of the molecule is CC(C)N1C(c2ncccc2C(=O)O)=NC(=O)C1C. The molecule has 6 heteroatoms. The summed E-state index contributed by atoms with van der Waals surface area (Å²) < 4.78 is 0. The van der Waals surface area contributed by atoms with E-state index in [1.165, 1.54) is 12.3 Å². The first-order chi connectivity index (χ1) is 8.93. The maximum absolute atomic E-state index is 11.7. The molecule has 0 saturated heterocycles. The standard InChI is InChI=1S/C13H15N3O3/c1-7(2)16-8(3)12(17)15-11(16)10-9(13(18)19)5-4-6-14-10/h4-8H,1-3H3,(H,18,19). The van der Waals surface area contributed by atoms with Crippen molar-refractivity contribution in [3.8, 4) is 0 Å². The van der Waals surface area contributed by atoms with Gasteiger partial charge in [-0.15, -0.1) is 0 Å². The number of aromatic carboxylic acids is 1. The molecule has 1 aliphatic heterocycles. The summed E-state index contributed by atoms with van der Waals surface area (Å²) in [4.78, 5) is 32.8. The van der Waals surface area contributed by atoms with Gasteiger partial charge in [-0.25, -0.2) is 4.79 Å². The zero-order chi connectivity index (χ0) is 14.2. The van der Waals surface area contributed by atoms with Gasteiger partial charge in [0.25, 0.3) is 5.91 Å². The van der Waals surface area contributed by atoms with Gasteiger partial charge in [0.05, 0.1) is 5.56 Å². The molecule has 2 rings (SSSR count). The molecule has 0 aliphatic carbocycles. The first kappa shape index (κ1) is 13.2. The van der Waals surface area contributed by atoms with Crippen LogP contribution < -0.4 is 0 Å². The van der Waals surface area contributed by atoms with Gasteiger partial charge < -0.3 is 10.0 Å². The van der Waals surface area contributed by atoms with Crippen LogP contribution in [0, 0.1) is 0 Å². The Bertz CT molecular complexity index is 566. The van der Waals surface area contributed by atoms with Crippen molar-refractivity contribution in [2.45, 2.75) is 32.9 Å². The minimum absolute atomic E-state index is 0.0313. The van der Waals surface area contributed by atoms with Crippen molar-refractivity contribution in [1.29, 1.82) is 0 Å². The number of carboxylic acid groups (broad SMARTS) is 1. The number of pyridine rings is 1. The topological polar surface area (TPSA) is 82.9 Å². The summed E-state index contributed by atoms with van der Waals surface area (Å²) in [5, 5.41) is 9.18. The highest BCUT2D eigenvalue weighted by molar-refractivity contribution is 6.14. The van der Waals surface area contributed by atoms with E-state index in [0.29, 0.717) is 5.84 Å². The highest BCUT2D eigenvalue weighted by atomic mass is 16.4. The molecule has 1 aromatic heterocycles.